The summed E-state index contributed by atoms with van der Waals surface area (Å²) in [6, 6.07) is 0. The van der Waals surface area contributed by atoms with E-state index in [9.17, 15) is 14.4 Å². The van der Waals surface area contributed by atoms with Crippen LogP contribution in [0.3, 0.4) is 0 Å². The monoisotopic (exact) mass is 298 g/mol. The fourth-order valence-corrected chi connectivity index (χ4v) is 1.54. The first-order valence-corrected chi connectivity index (χ1v) is 7.53. The van der Waals surface area contributed by atoms with Crippen molar-refractivity contribution in [1.29, 1.82) is 0 Å². The first kappa shape index (κ1) is 19.4. The van der Waals surface area contributed by atoms with Crippen LogP contribution in [0.1, 0.15) is 59.3 Å². The van der Waals surface area contributed by atoms with E-state index in [1.165, 1.54) is 33.1 Å². The molecule has 120 valence electrons. The zero-order valence-electron chi connectivity index (χ0n) is 13.2. The van der Waals surface area contributed by atoms with E-state index in [2.05, 4.69) is 6.92 Å². The highest BCUT2D eigenvalue weighted by Crippen LogP contribution is 2.05. The molecular weight excluding hydrogens is 272 g/mol. The number of hydrogen-bond acceptors (Lipinski definition) is 5. The number of Topliss-reactive ketones (excluding diaryl/α,β-unsaturated/α-hetero) is 1. The van der Waals surface area contributed by atoms with Crippen LogP contribution in [0.2, 0.25) is 0 Å². The van der Waals surface area contributed by atoms with Crippen molar-refractivity contribution in [3.8, 4) is 0 Å². The summed E-state index contributed by atoms with van der Waals surface area (Å²) in [6.07, 6.45) is 7.86. The lowest BCUT2D eigenvalue weighted by atomic mass is 10.1. The molecule has 0 saturated carbocycles. The highest BCUT2D eigenvalue weighted by Gasteiger charge is 2.11. The zero-order valence-corrected chi connectivity index (χ0v) is 13.2. The molecule has 0 aliphatic heterocycles. The minimum Gasteiger partial charge on any atom is -0.463 e. The van der Waals surface area contributed by atoms with Gasteiger partial charge in [-0.05, 0) is 20.3 Å². The summed E-state index contributed by atoms with van der Waals surface area (Å²) < 4.78 is 9.71. The Hall–Kier alpha value is -1.65. The fraction of sp³-hybridized carbons (Fsp3) is 0.688. The maximum absolute atomic E-state index is 11.3. The molecule has 0 fully saturated rings. The van der Waals surface area contributed by atoms with Gasteiger partial charge in [0.25, 0.3) is 0 Å². The second kappa shape index (κ2) is 12.1. The highest BCUT2D eigenvalue weighted by molar-refractivity contribution is 5.93. The van der Waals surface area contributed by atoms with Crippen molar-refractivity contribution in [2.24, 2.45) is 0 Å². The third-order valence-electron chi connectivity index (χ3n) is 2.96. The predicted molar refractivity (Wildman–Crippen MR) is 79.7 cm³/mol. The molecule has 0 heterocycles. The lowest BCUT2D eigenvalue weighted by Crippen LogP contribution is -2.20. The van der Waals surface area contributed by atoms with Gasteiger partial charge in [0, 0.05) is 12.2 Å². The summed E-state index contributed by atoms with van der Waals surface area (Å²) in [6.45, 7) is 5.33. The highest BCUT2D eigenvalue weighted by atomic mass is 16.5. The van der Waals surface area contributed by atoms with Crippen LogP contribution in [0.15, 0.2) is 12.2 Å². The van der Waals surface area contributed by atoms with E-state index in [1.54, 1.807) is 0 Å². The second-order valence-corrected chi connectivity index (χ2v) is 4.96. The van der Waals surface area contributed by atoms with Crippen molar-refractivity contribution < 1.29 is 23.9 Å². The van der Waals surface area contributed by atoms with E-state index in [0.717, 1.165) is 31.4 Å². The Bertz CT molecular complexity index is 360. The van der Waals surface area contributed by atoms with E-state index < -0.39 is 18.0 Å². The maximum Gasteiger partial charge on any atom is 0.331 e. The number of ketones is 1. The Balaban J connectivity index is 3.71. The lowest BCUT2D eigenvalue weighted by Gasteiger charge is -2.06. The molecule has 0 aliphatic carbocycles. The Morgan fingerprint density at radius 2 is 1.52 bits per heavy atom. The van der Waals surface area contributed by atoms with Gasteiger partial charge in [-0.1, -0.05) is 39.0 Å². The summed E-state index contributed by atoms with van der Waals surface area (Å²) in [4.78, 5) is 33.5. The van der Waals surface area contributed by atoms with Crippen molar-refractivity contribution in [1.82, 2.24) is 0 Å². The van der Waals surface area contributed by atoms with Crippen LogP contribution >= 0.6 is 0 Å². The van der Waals surface area contributed by atoms with Crippen LogP contribution in [-0.2, 0) is 23.9 Å². The van der Waals surface area contributed by atoms with Gasteiger partial charge in [0.05, 0.1) is 6.61 Å². The Kier molecular flexibility index (Phi) is 11.2. The molecule has 0 spiro atoms. The molecule has 0 amide bonds. The molecule has 0 bridgehead atoms. The van der Waals surface area contributed by atoms with Crippen LogP contribution in [0, 0.1) is 0 Å². The molecule has 0 aromatic carbocycles. The summed E-state index contributed by atoms with van der Waals surface area (Å²) in [5, 5.41) is 0. The van der Waals surface area contributed by atoms with Crippen molar-refractivity contribution in [2.75, 3.05) is 6.61 Å². The minimum atomic E-state index is -0.804. The van der Waals surface area contributed by atoms with Gasteiger partial charge >= 0.3 is 11.9 Å². The Morgan fingerprint density at radius 1 is 0.952 bits per heavy atom. The van der Waals surface area contributed by atoms with Gasteiger partial charge in [-0.25, -0.2) is 9.59 Å². The van der Waals surface area contributed by atoms with Gasteiger partial charge in [0.1, 0.15) is 0 Å². The molecule has 0 saturated heterocycles. The SMILES string of the molecule is CCCCCCCCOC(=O)/C=C/C(=O)OC(C)C(C)=O. The molecule has 0 N–H and O–H groups in total. The molecular formula is C16H26O5. The number of carbonyl (C=O) groups is 3. The third-order valence-corrected chi connectivity index (χ3v) is 2.96. The van der Waals surface area contributed by atoms with Gasteiger partial charge < -0.3 is 9.47 Å². The van der Waals surface area contributed by atoms with Crippen LogP contribution in [0.5, 0.6) is 0 Å². The van der Waals surface area contributed by atoms with Gasteiger partial charge in [-0.15, -0.1) is 0 Å². The molecule has 21 heavy (non-hydrogen) atoms. The molecule has 0 radical (unpaired) electrons. The van der Waals surface area contributed by atoms with Crippen molar-refractivity contribution >= 4 is 17.7 Å². The van der Waals surface area contributed by atoms with Gasteiger partial charge in [0.2, 0.25) is 0 Å². The number of rotatable bonds is 11. The predicted octanol–water partition coefficient (Wildman–Crippen LogP) is 2.97. The lowest BCUT2D eigenvalue weighted by molar-refractivity contribution is -0.148. The van der Waals surface area contributed by atoms with Gasteiger partial charge in [0.15, 0.2) is 11.9 Å². The third kappa shape index (κ3) is 11.8. The van der Waals surface area contributed by atoms with Crippen molar-refractivity contribution in [2.45, 2.75) is 65.4 Å². The van der Waals surface area contributed by atoms with Crippen LogP contribution < -0.4 is 0 Å². The van der Waals surface area contributed by atoms with E-state index >= 15 is 0 Å². The van der Waals surface area contributed by atoms with Crippen molar-refractivity contribution in [3.63, 3.8) is 0 Å². The quantitative estimate of drug-likeness (QED) is 0.333. The average Bonchev–Trinajstić information content (AvgIpc) is 2.44. The molecule has 1 unspecified atom stereocenters. The minimum absolute atomic E-state index is 0.248. The zero-order chi connectivity index (χ0) is 16.1. The van der Waals surface area contributed by atoms with E-state index in [1.807, 2.05) is 0 Å². The number of unbranched alkanes of at least 4 members (excludes halogenated alkanes) is 5. The summed E-state index contributed by atoms with van der Waals surface area (Å²) in [7, 11) is 0. The number of esters is 2. The van der Waals surface area contributed by atoms with Crippen LogP contribution in [0.4, 0.5) is 0 Å². The number of ether oxygens (including phenoxy) is 2. The second-order valence-electron chi connectivity index (χ2n) is 4.96. The summed E-state index contributed by atoms with van der Waals surface area (Å²) in [5.74, 6) is -1.55. The van der Waals surface area contributed by atoms with E-state index in [-0.39, 0.29) is 5.78 Å². The molecule has 0 rings (SSSR count). The first-order valence-electron chi connectivity index (χ1n) is 7.53. The average molecular weight is 298 g/mol. The summed E-state index contributed by atoms with van der Waals surface area (Å²) >= 11 is 0. The van der Waals surface area contributed by atoms with E-state index in [4.69, 9.17) is 9.47 Å². The molecule has 5 heteroatoms. The Labute approximate surface area is 126 Å². The van der Waals surface area contributed by atoms with Gasteiger partial charge in [-0.2, -0.15) is 0 Å². The molecule has 5 nitrogen and oxygen atoms in total. The standard InChI is InChI=1S/C16H26O5/c1-4-5-6-7-8-9-12-20-15(18)10-11-16(19)21-14(3)13(2)17/h10-11,14H,4-9,12H2,1-3H3/b11-10+. The summed E-state index contributed by atoms with van der Waals surface area (Å²) in [5.41, 5.74) is 0. The molecule has 0 aliphatic rings. The van der Waals surface area contributed by atoms with E-state index in [0.29, 0.717) is 6.61 Å². The molecule has 1 atom stereocenters. The van der Waals surface area contributed by atoms with Crippen LogP contribution in [-0.4, -0.2) is 30.4 Å². The first-order chi connectivity index (χ1) is 9.97. The van der Waals surface area contributed by atoms with Crippen LogP contribution in [0.25, 0.3) is 0 Å². The molecule has 0 aromatic rings. The smallest absolute Gasteiger partial charge is 0.331 e. The number of hydrogen-bond donors (Lipinski definition) is 0. The normalized spacial score (nSPS) is 12.1. The number of carbonyl (C=O) groups excluding carboxylic acids is 3. The maximum atomic E-state index is 11.3. The largest absolute Gasteiger partial charge is 0.463 e. The Morgan fingerprint density at radius 3 is 2.14 bits per heavy atom. The fourth-order valence-electron chi connectivity index (χ4n) is 1.54. The molecule has 0 aromatic heterocycles. The topological polar surface area (TPSA) is 69.7 Å². The van der Waals surface area contributed by atoms with Crippen molar-refractivity contribution in [3.05, 3.63) is 12.2 Å². The van der Waals surface area contributed by atoms with Gasteiger partial charge in [-0.3, -0.25) is 4.79 Å².